The molecule has 1 aliphatic rings. The maximum absolute atomic E-state index is 11.7. The van der Waals surface area contributed by atoms with Gasteiger partial charge in [0.05, 0.1) is 5.54 Å². The Morgan fingerprint density at radius 1 is 1.38 bits per heavy atom. The Hall–Kier alpha value is -1.35. The number of amides is 1. The SMILES string of the molecule is CC(C)(N)C(=O)NC1CC1c1ccccc1. The van der Waals surface area contributed by atoms with Crippen LogP contribution in [0.2, 0.25) is 0 Å². The molecule has 3 heteroatoms. The molecule has 1 saturated carbocycles. The Morgan fingerprint density at radius 3 is 2.56 bits per heavy atom. The van der Waals surface area contributed by atoms with E-state index in [4.69, 9.17) is 5.73 Å². The van der Waals surface area contributed by atoms with Crippen LogP contribution >= 0.6 is 0 Å². The monoisotopic (exact) mass is 218 g/mol. The van der Waals surface area contributed by atoms with Gasteiger partial charge in [-0.15, -0.1) is 0 Å². The zero-order valence-electron chi connectivity index (χ0n) is 9.73. The van der Waals surface area contributed by atoms with Gasteiger partial charge >= 0.3 is 0 Å². The molecular weight excluding hydrogens is 200 g/mol. The molecule has 0 bridgehead atoms. The van der Waals surface area contributed by atoms with Gasteiger partial charge in [-0.2, -0.15) is 0 Å². The van der Waals surface area contributed by atoms with Gasteiger partial charge in [0, 0.05) is 12.0 Å². The van der Waals surface area contributed by atoms with Gasteiger partial charge in [0.1, 0.15) is 0 Å². The second kappa shape index (κ2) is 3.91. The summed E-state index contributed by atoms with van der Waals surface area (Å²) in [5.41, 5.74) is 6.23. The van der Waals surface area contributed by atoms with E-state index in [9.17, 15) is 4.79 Å². The molecule has 0 saturated heterocycles. The third-order valence-corrected chi connectivity index (χ3v) is 2.92. The summed E-state index contributed by atoms with van der Waals surface area (Å²) in [6, 6.07) is 10.5. The number of carbonyl (C=O) groups excluding carboxylic acids is 1. The largest absolute Gasteiger partial charge is 0.351 e. The summed E-state index contributed by atoms with van der Waals surface area (Å²) in [6.45, 7) is 3.45. The van der Waals surface area contributed by atoms with Gasteiger partial charge in [-0.3, -0.25) is 4.79 Å². The number of carbonyl (C=O) groups is 1. The topological polar surface area (TPSA) is 55.1 Å². The van der Waals surface area contributed by atoms with E-state index in [2.05, 4.69) is 17.4 Å². The molecule has 3 N–H and O–H groups in total. The Labute approximate surface area is 96.0 Å². The lowest BCUT2D eigenvalue weighted by molar-refractivity contribution is -0.125. The molecule has 0 heterocycles. The smallest absolute Gasteiger partial charge is 0.239 e. The molecule has 2 atom stereocenters. The van der Waals surface area contributed by atoms with Gasteiger partial charge in [-0.05, 0) is 25.8 Å². The minimum Gasteiger partial charge on any atom is -0.351 e. The molecule has 1 aromatic rings. The molecule has 1 fully saturated rings. The number of hydrogen-bond donors (Lipinski definition) is 2. The van der Waals surface area contributed by atoms with Crippen molar-refractivity contribution < 1.29 is 4.79 Å². The minimum atomic E-state index is -0.788. The highest BCUT2D eigenvalue weighted by atomic mass is 16.2. The van der Waals surface area contributed by atoms with Crippen LogP contribution in [-0.2, 0) is 4.79 Å². The average molecular weight is 218 g/mol. The van der Waals surface area contributed by atoms with Crippen molar-refractivity contribution in [2.75, 3.05) is 0 Å². The number of rotatable bonds is 3. The minimum absolute atomic E-state index is 0.0732. The molecule has 1 amide bonds. The highest BCUT2D eigenvalue weighted by Crippen LogP contribution is 2.40. The molecule has 0 aromatic heterocycles. The van der Waals surface area contributed by atoms with Crippen LogP contribution in [0.5, 0.6) is 0 Å². The van der Waals surface area contributed by atoms with E-state index in [-0.39, 0.29) is 11.9 Å². The highest BCUT2D eigenvalue weighted by Gasteiger charge is 2.40. The standard InChI is InChI=1S/C13H18N2O/c1-13(2,14)12(16)15-11-8-10(11)9-6-4-3-5-7-9/h3-7,10-11H,8,14H2,1-2H3,(H,15,16). The summed E-state index contributed by atoms with van der Waals surface area (Å²) < 4.78 is 0. The summed E-state index contributed by atoms with van der Waals surface area (Å²) in [5.74, 6) is 0.392. The van der Waals surface area contributed by atoms with Crippen molar-refractivity contribution in [2.24, 2.45) is 5.73 Å². The van der Waals surface area contributed by atoms with E-state index in [0.717, 1.165) is 6.42 Å². The lowest BCUT2D eigenvalue weighted by Crippen LogP contribution is -2.49. The van der Waals surface area contributed by atoms with E-state index in [1.165, 1.54) is 5.56 Å². The first-order valence-corrected chi connectivity index (χ1v) is 5.63. The maximum Gasteiger partial charge on any atom is 0.239 e. The summed E-state index contributed by atoms with van der Waals surface area (Å²) in [5, 5.41) is 2.98. The van der Waals surface area contributed by atoms with Crippen LogP contribution < -0.4 is 11.1 Å². The van der Waals surface area contributed by atoms with Crippen LogP contribution in [0.25, 0.3) is 0 Å². The molecule has 0 spiro atoms. The Kier molecular flexibility index (Phi) is 2.72. The van der Waals surface area contributed by atoms with E-state index in [0.29, 0.717) is 5.92 Å². The molecule has 1 aliphatic carbocycles. The van der Waals surface area contributed by atoms with Gasteiger partial charge in [0.2, 0.25) is 5.91 Å². The molecule has 3 nitrogen and oxygen atoms in total. The first-order valence-electron chi connectivity index (χ1n) is 5.63. The number of hydrogen-bond acceptors (Lipinski definition) is 2. The van der Waals surface area contributed by atoms with Gasteiger partial charge in [0.15, 0.2) is 0 Å². The predicted molar refractivity (Wildman–Crippen MR) is 64.0 cm³/mol. The van der Waals surface area contributed by atoms with E-state index in [1.54, 1.807) is 13.8 Å². The van der Waals surface area contributed by atoms with E-state index in [1.807, 2.05) is 18.2 Å². The first-order chi connectivity index (χ1) is 7.48. The first kappa shape index (κ1) is 11.1. The summed E-state index contributed by atoms with van der Waals surface area (Å²) in [7, 11) is 0. The van der Waals surface area contributed by atoms with Crippen molar-refractivity contribution in [1.82, 2.24) is 5.32 Å². The van der Waals surface area contributed by atoms with Crippen LogP contribution in [-0.4, -0.2) is 17.5 Å². The fourth-order valence-electron chi connectivity index (χ4n) is 1.78. The maximum atomic E-state index is 11.7. The summed E-state index contributed by atoms with van der Waals surface area (Å²) in [6.07, 6.45) is 1.02. The highest BCUT2D eigenvalue weighted by molar-refractivity contribution is 5.85. The molecular formula is C13H18N2O. The van der Waals surface area contributed by atoms with Gasteiger partial charge in [-0.1, -0.05) is 30.3 Å². The lowest BCUT2D eigenvalue weighted by atomic mass is 10.1. The van der Waals surface area contributed by atoms with Crippen LogP contribution in [0.1, 0.15) is 31.7 Å². The average Bonchev–Trinajstić information content (AvgIpc) is 2.97. The number of nitrogens with one attached hydrogen (secondary N) is 1. The van der Waals surface area contributed by atoms with Gasteiger partial charge < -0.3 is 11.1 Å². The molecule has 2 unspecified atom stereocenters. The number of nitrogens with two attached hydrogens (primary N) is 1. The predicted octanol–water partition coefficient (Wildman–Crippen LogP) is 1.40. The molecule has 0 radical (unpaired) electrons. The van der Waals surface area contributed by atoms with Crippen LogP contribution in [0, 0.1) is 0 Å². The van der Waals surface area contributed by atoms with Crippen LogP contribution in [0.4, 0.5) is 0 Å². The Bertz CT molecular complexity index is 381. The van der Waals surface area contributed by atoms with Crippen molar-refractivity contribution >= 4 is 5.91 Å². The molecule has 2 rings (SSSR count). The third-order valence-electron chi connectivity index (χ3n) is 2.92. The lowest BCUT2D eigenvalue weighted by Gasteiger charge is -2.17. The molecule has 16 heavy (non-hydrogen) atoms. The van der Waals surface area contributed by atoms with E-state index >= 15 is 0 Å². The Balaban J connectivity index is 1.91. The zero-order valence-corrected chi connectivity index (χ0v) is 9.73. The fourth-order valence-corrected chi connectivity index (χ4v) is 1.78. The van der Waals surface area contributed by atoms with Crippen molar-refractivity contribution in [3.8, 4) is 0 Å². The molecule has 0 aliphatic heterocycles. The van der Waals surface area contributed by atoms with E-state index < -0.39 is 5.54 Å². The zero-order chi connectivity index (χ0) is 11.8. The summed E-state index contributed by atoms with van der Waals surface area (Å²) >= 11 is 0. The third kappa shape index (κ3) is 2.42. The van der Waals surface area contributed by atoms with Crippen LogP contribution in [0.15, 0.2) is 30.3 Å². The van der Waals surface area contributed by atoms with Crippen molar-refractivity contribution in [1.29, 1.82) is 0 Å². The normalized spacial score (nSPS) is 23.9. The van der Waals surface area contributed by atoms with Gasteiger partial charge in [-0.25, -0.2) is 0 Å². The summed E-state index contributed by atoms with van der Waals surface area (Å²) in [4.78, 5) is 11.7. The quantitative estimate of drug-likeness (QED) is 0.805. The van der Waals surface area contributed by atoms with Crippen molar-refractivity contribution in [3.63, 3.8) is 0 Å². The van der Waals surface area contributed by atoms with Crippen molar-refractivity contribution in [2.45, 2.75) is 37.8 Å². The van der Waals surface area contributed by atoms with Crippen molar-refractivity contribution in [3.05, 3.63) is 35.9 Å². The second-order valence-corrected chi connectivity index (χ2v) is 5.05. The fraction of sp³-hybridized carbons (Fsp3) is 0.462. The number of benzene rings is 1. The second-order valence-electron chi connectivity index (χ2n) is 5.05. The Morgan fingerprint density at radius 2 is 2.00 bits per heavy atom. The van der Waals surface area contributed by atoms with Crippen LogP contribution in [0.3, 0.4) is 0 Å². The molecule has 86 valence electrons. The molecule has 1 aromatic carbocycles. The van der Waals surface area contributed by atoms with Gasteiger partial charge in [0.25, 0.3) is 0 Å².